The molecule has 4 nitrogen and oxygen atoms in total. The zero-order valence-electron chi connectivity index (χ0n) is 6.33. The summed E-state index contributed by atoms with van der Waals surface area (Å²) < 4.78 is 1.64. The summed E-state index contributed by atoms with van der Waals surface area (Å²) in [6, 6.07) is 1.77. The number of rotatable bonds is 0. The molecule has 11 heavy (non-hydrogen) atoms. The molecule has 1 rings (SSSR count). The summed E-state index contributed by atoms with van der Waals surface area (Å²) >= 11 is 0. The van der Waals surface area contributed by atoms with Crippen molar-refractivity contribution in [1.82, 2.24) is 9.55 Å². The second-order valence-corrected chi connectivity index (χ2v) is 2.23. The van der Waals surface area contributed by atoms with Crippen LogP contribution in [0, 0.1) is 18.3 Å². The first-order valence-corrected chi connectivity index (χ1v) is 3.09. The third kappa shape index (κ3) is 1.27. The van der Waals surface area contributed by atoms with Crippen LogP contribution in [0.5, 0.6) is 0 Å². The van der Waals surface area contributed by atoms with E-state index in [9.17, 15) is 4.79 Å². The molecule has 0 bridgehead atoms. The first-order chi connectivity index (χ1) is 5.15. The van der Waals surface area contributed by atoms with Gasteiger partial charge >= 0.3 is 0 Å². The lowest BCUT2D eigenvalue weighted by Crippen LogP contribution is -2.16. The average Bonchev–Trinajstić information content (AvgIpc) is 1.97. The minimum absolute atomic E-state index is 0.0816. The Labute approximate surface area is 63.7 Å². The van der Waals surface area contributed by atoms with Crippen LogP contribution < -0.4 is 5.56 Å². The third-order valence-corrected chi connectivity index (χ3v) is 1.45. The Bertz CT molecular complexity index is 372. The molecular formula is C7H7N3O. The molecule has 0 aromatic carbocycles. The van der Waals surface area contributed by atoms with E-state index >= 15 is 0 Å². The predicted octanol–water partition coefficient (Wildman–Crippen LogP) is -0.0396. The predicted molar refractivity (Wildman–Crippen MR) is 38.9 cm³/mol. The molecular weight excluding hydrogens is 142 g/mol. The Balaban J connectivity index is 3.48. The van der Waals surface area contributed by atoms with E-state index in [1.807, 2.05) is 0 Å². The first-order valence-electron chi connectivity index (χ1n) is 3.09. The van der Waals surface area contributed by atoms with Crippen molar-refractivity contribution in [2.75, 3.05) is 0 Å². The summed E-state index contributed by atoms with van der Waals surface area (Å²) in [5, 5.41) is 8.43. The van der Waals surface area contributed by atoms with E-state index in [1.54, 1.807) is 24.6 Å². The van der Waals surface area contributed by atoms with Gasteiger partial charge in [-0.3, -0.25) is 4.79 Å². The Morgan fingerprint density at radius 1 is 1.73 bits per heavy atom. The maximum absolute atomic E-state index is 10.9. The lowest BCUT2D eigenvalue weighted by Gasteiger charge is -2.00. The van der Waals surface area contributed by atoms with E-state index in [0.29, 0.717) is 5.82 Å². The molecule has 56 valence electrons. The van der Waals surface area contributed by atoms with Gasteiger partial charge in [0, 0.05) is 13.2 Å². The van der Waals surface area contributed by atoms with Crippen LogP contribution in [0.15, 0.2) is 11.0 Å². The van der Waals surface area contributed by atoms with Crippen LogP contribution in [0.2, 0.25) is 0 Å². The van der Waals surface area contributed by atoms with Gasteiger partial charge in [-0.15, -0.1) is 0 Å². The van der Waals surface area contributed by atoms with E-state index in [4.69, 9.17) is 5.26 Å². The summed E-state index contributed by atoms with van der Waals surface area (Å²) in [6.07, 6.45) is 1.48. The Kier molecular flexibility index (Phi) is 1.73. The quantitative estimate of drug-likeness (QED) is 0.520. The summed E-state index contributed by atoms with van der Waals surface area (Å²) in [7, 11) is 1.74. The molecule has 0 fully saturated rings. The van der Waals surface area contributed by atoms with Crippen molar-refractivity contribution in [2.24, 2.45) is 7.05 Å². The topological polar surface area (TPSA) is 58.7 Å². The van der Waals surface area contributed by atoms with Crippen LogP contribution in [-0.2, 0) is 7.05 Å². The van der Waals surface area contributed by atoms with E-state index in [1.165, 1.54) is 6.20 Å². The molecule has 0 saturated carbocycles. The SMILES string of the molecule is Cc1nc(=O)c(C#N)cn1C. The van der Waals surface area contributed by atoms with Crippen LogP contribution in [0.1, 0.15) is 11.4 Å². The third-order valence-electron chi connectivity index (χ3n) is 1.45. The van der Waals surface area contributed by atoms with Crippen LogP contribution >= 0.6 is 0 Å². The molecule has 0 radical (unpaired) electrons. The van der Waals surface area contributed by atoms with Gasteiger partial charge in [-0.1, -0.05) is 0 Å². The molecule has 0 saturated heterocycles. The van der Waals surface area contributed by atoms with Crippen molar-refractivity contribution in [3.05, 3.63) is 27.9 Å². The second kappa shape index (κ2) is 2.54. The minimum atomic E-state index is -0.455. The average molecular weight is 149 g/mol. The summed E-state index contributed by atoms with van der Waals surface area (Å²) in [5.74, 6) is 0.606. The molecule has 0 aliphatic rings. The number of hydrogen-bond donors (Lipinski definition) is 0. The molecule has 4 heteroatoms. The number of hydrogen-bond acceptors (Lipinski definition) is 3. The standard InChI is InChI=1S/C7H7N3O/c1-5-9-7(11)6(3-8)4-10(5)2/h4H,1-2H3. The van der Waals surface area contributed by atoms with Gasteiger partial charge in [0.25, 0.3) is 5.56 Å². The zero-order valence-corrected chi connectivity index (χ0v) is 6.33. The minimum Gasteiger partial charge on any atom is -0.338 e. The summed E-state index contributed by atoms with van der Waals surface area (Å²) in [4.78, 5) is 14.5. The van der Waals surface area contributed by atoms with Crippen molar-refractivity contribution in [1.29, 1.82) is 5.26 Å². The van der Waals surface area contributed by atoms with E-state index in [2.05, 4.69) is 4.98 Å². The van der Waals surface area contributed by atoms with E-state index < -0.39 is 5.56 Å². The number of nitriles is 1. The highest BCUT2D eigenvalue weighted by molar-refractivity contribution is 5.22. The van der Waals surface area contributed by atoms with Gasteiger partial charge in [-0.2, -0.15) is 10.2 Å². The van der Waals surface area contributed by atoms with Crippen molar-refractivity contribution in [2.45, 2.75) is 6.92 Å². The van der Waals surface area contributed by atoms with Crippen molar-refractivity contribution >= 4 is 0 Å². The van der Waals surface area contributed by atoms with Crippen LogP contribution in [0.3, 0.4) is 0 Å². The first kappa shape index (κ1) is 7.48. The van der Waals surface area contributed by atoms with Gasteiger partial charge in [0.05, 0.1) is 0 Å². The Hall–Kier alpha value is -1.63. The lowest BCUT2D eigenvalue weighted by atomic mass is 10.3. The Morgan fingerprint density at radius 3 is 2.91 bits per heavy atom. The molecule has 0 unspecified atom stereocenters. The van der Waals surface area contributed by atoms with Gasteiger partial charge in [-0.25, -0.2) is 0 Å². The second-order valence-electron chi connectivity index (χ2n) is 2.23. The fraction of sp³-hybridized carbons (Fsp3) is 0.286. The smallest absolute Gasteiger partial charge is 0.290 e. The molecule has 1 heterocycles. The number of nitrogens with zero attached hydrogens (tertiary/aromatic N) is 3. The number of aryl methyl sites for hydroxylation is 2. The molecule has 0 amide bonds. The Morgan fingerprint density at radius 2 is 2.36 bits per heavy atom. The van der Waals surface area contributed by atoms with Crippen molar-refractivity contribution in [3.8, 4) is 6.07 Å². The maximum Gasteiger partial charge on any atom is 0.290 e. The van der Waals surface area contributed by atoms with Gasteiger partial charge in [0.1, 0.15) is 17.5 Å². The summed E-state index contributed by atoms with van der Waals surface area (Å²) in [6.45, 7) is 1.71. The zero-order chi connectivity index (χ0) is 8.43. The van der Waals surface area contributed by atoms with Crippen LogP contribution in [-0.4, -0.2) is 9.55 Å². The van der Waals surface area contributed by atoms with Gasteiger partial charge < -0.3 is 4.57 Å². The monoisotopic (exact) mass is 149 g/mol. The largest absolute Gasteiger partial charge is 0.338 e. The van der Waals surface area contributed by atoms with Crippen LogP contribution in [0.25, 0.3) is 0 Å². The summed E-state index contributed by atoms with van der Waals surface area (Å²) in [5.41, 5.74) is -0.374. The normalized spacial score (nSPS) is 9.18. The molecule has 1 aromatic heterocycles. The molecule has 0 aliphatic heterocycles. The fourth-order valence-corrected chi connectivity index (χ4v) is 0.705. The van der Waals surface area contributed by atoms with E-state index in [-0.39, 0.29) is 5.56 Å². The van der Waals surface area contributed by atoms with Gasteiger partial charge in [-0.05, 0) is 6.92 Å². The lowest BCUT2D eigenvalue weighted by molar-refractivity contribution is 0.793. The molecule has 0 spiro atoms. The van der Waals surface area contributed by atoms with Crippen LogP contribution in [0.4, 0.5) is 0 Å². The molecule has 0 N–H and O–H groups in total. The molecule has 0 atom stereocenters. The number of aromatic nitrogens is 2. The van der Waals surface area contributed by atoms with Gasteiger partial charge in [0.15, 0.2) is 0 Å². The highest BCUT2D eigenvalue weighted by Crippen LogP contribution is 1.89. The molecule has 1 aromatic rings. The maximum atomic E-state index is 10.9. The molecule has 0 aliphatic carbocycles. The van der Waals surface area contributed by atoms with Crippen molar-refractivity contribution < 1.29 is 0 Å². The van der Waals surface area contributed by atoms with E-state index in [0.717, 1.165) is 0 Å². The highest BCUT2D eigenvalue weighted by Gasteiger charge is 2.00. The van der Waals surface area contributed by atoms with Crippen molar-refractivity contribution in [3.63, 3.8) is 0 Å². The highest BCUT2D eigenvalue weighted by atomic mass is 16.1. The van der Waals surface area contributed by atoms with Gasteiger partial charge in [0.2, 0.25) is 0 Å². The fourth-order valence-electron chi connectivity index (χ4n) is 0.705.